The maximum atomic E-state index is 11.6. The summed E-state index contributed by atoms with van der Waals surface area (Å²) in [4.78, 5) is 11.6. The van der Waals surface area contributed by atoms with Crippen LogP contribution in [-0.4, -0.2) is 24.5 Å². The number of amides is 1. The maximum Gasteiger partial charge on any atom is 0.220 e. The number of hydrogen-bond acceptors (Lipinski definition) is 2. The second-order valence-electron chi connectivity index (χ2n) is 5.40. The molecule has 1 rings (SSSR count). The van der Waals surface area contributed by atoms with Gasteiger partial charge in [-0.15, -0.1) is 0 Å². The van der Waals surface area contributed by atoms with Crippen LogP contribution in [0.1, 0.15) is 52.9 Å². The molecule has 0 aliphatic heterocycles. The fourth-order valence-corrected chi connectivity index (χ4v) is 2.28. The highest BCUT2D eigenvalue weighted by Crippen LogP contribution is 2.24. The van der Waals surface area contributed by atoms with Crippen molar-refractivity contribution in [1.29, 1.82) is 0 Å². The van der Waals surface area contributed by atoms with Crippen molar-refractivity contribution < 1.29 is 4.79 Å². The van der Waals surface area contributed by atoms with Crippen LogP contribution >= 0.6 is 0 Å². The maximum absolute atomic E-state index is 11.6. The molecule has 3 nitrogen and oxygen atoms in total. The van der Waals surface area contributed by atoms with Gasteiger partial charge in [0.05, 0.1) is 0 Å². The van der Waals surface area contributed by atoms with E-state index < -0.39 is 0 Å². The summed E-state index contributed by atoms with van der Waals surface area (Å²) >= 11 is 0. The van der Waals surface area contributed by atoms with Crippen molar-refractivity contribution in [2.24, 2.45) is 5.92 Å². The van der Waals surface area contributed by atoms with Crippen LogP contribution in [0, 0.1) is 5.92 Å². The van der Waals surface area contributed by atoms with E-state index in [2.05, 4.69) is 31.4 Å². The highest BCUT2D eigenvalue weighted by Gasteiger charge is 2.22. The third kappa shape index (κ3) is 5.50. The molecule has 0 aromatic rings. The van der Waals surface area contributed by atoms with Gasteiger partial charge in [-0.25, -0.2) is 0 Å². The Bertz CT molecular complexity index is 216. The first-order valence-corrected chi connectivity index (χ1v) is 6.60. The molecule has 1 aliphatic rings. The molecule has 1 fully saturated rings. The Morgan fingerprint density at radius 2 is 2.12 bits per heavy atom. The summed E-state index contributed by atoms with van der Waals surface area (Å²) in [7, 11) is 0. The first-order valence-electron chi connectivity index (χ1n) is 6.60. The van der Waals surface area contributed by atoms with Gasteiger partial charge in [0.2, 0.25) is 5.91 Å². The summed E-state index contributed by atoms with van der Waals surface area (Å²) in [6.07, 6.45) is 5.18. The number of carbonyl (C=O) groups excluding carboxylic acids is 1. The zero-order valence-corrected chi connectivity index (χ0v) is 10.9. The average Bonchev–Trinajstić information content (AvgIpc) is 2.58. The van der Waals surface area contributed by atoms with Gasteiger partial charge in [-0.1, -0.05) is 20.8 Å². The second kappa shape index (κ2) is 6.89. The van der Waals surface area contributed by atoms with Gasteiger partial charge >= 0.3 is 0 Å². The number of carbonyl (C=O) groups is 1. The molecule has 3 heteroatoms. The molecule has 0 radical (unpaired) electrons. The quantitative estimate of drug-likeness (QED) is 0.681. The van der Waals surface area contributed by atoms with Gasteiger partial charge in [0.1, 0.15) is 0 Å². The summed E-state index contributed by atoms with van der Waals surface area (Å²) in [5.41, 5.74) is 0. The molecule has 2 atom stereocenters. The summed E-state index contributed by atoms with van der Waals surface area (Å²) < 4.78 is 0. The van der Waals surface area contributed by atoms with Crippen molar-refractivity contribution in [3.8, 4) is 0 Å². The Kier molecular flexibility index (Phi) is 5.81. The standard InChI is InChI=1S/C13H26N2O/c1-10(2)14-8-4-5-13(16)15-12-7-6-11(3)9-12/h10-12,14H,4-9H2,1-3H3,(H,15,16). The van der Waals surface area contributed by atoms with E-state index in [1.54, 1.807) is 0 Å². The zero-order valence-electron chi connectivity index (χ0n) is 10.9. The molecule has 0 heterocycles. The van der Waals surface area contributed by atoms with Gasteiger partial charge in [0.25, 0.3) is 0 Å². The topological polar surface area (TPSA) is 41.1 Å². The lowest BCUT2D eigenvalue weighted by atomic mass is 10.1. The van der Waals surface area contributed by atoms with Crippen LogP contribution in [0.15, 0.2) is 0 Å². The van der Waals surface area contributed by atoms with E-state index in [1.165, 1.54) is 6.42 Å². The van der Waals surface area contributed by atoms with E-state index in [9.17, 15) is 4.79 Å². The molecule has 16 heavy (non-hydrogen) atoms. The Morgan fingerprint density at radius 3 is 2.69 bits per heavy atom. The fourth-order valence-electron chi connectivity index (χ4n) is 2.28. The third-order valence-corrected chi connectivity index (χ3v) is 3.19. The monoisotopic (exact) mass is 226 g/mol. The molecule has 0 aromatic heterocycles. The first kappa shape index (κ1) is 13.5. The molecular weight excluding hydrogens is 200 g/mol. The first-order chi connectivity index (χ1) is 7.58. The molecule has 0 saturated heterocycles. The van der Waals surface area contributed by atoms with E-state index in [1.807, 2.05) is 0 Å². The Balaban J connectivity index is 2.02. The van der Waals surface area contributed by atoms with Crippen LogP contribution in [0.2, 0.25) is 0 Å². The lowest BCUT2D eigenvalue weighted by Crippen LogP contribution is -2.33. The molecule has 0 aromatic carbocycles. The van der Waals surface area contributed by atoms with Crippen molar-refractivity contribution in [1.82, 2.24) is 10.6 Å². The number of nitrogens with one attached hydrogen (secondary N) is 2. The predicted molar refractivity (Wildman–Crippen MR) is 67.3 cm³/mol. The minimum Gasteiger partial charge on any atom is -0.353 e. The molecule has 0 spiro atoms. The van der Waals surface area contributed by atoms with Crippen LogP contribution < -0.4 is 10.6 Å². The van der Waals surface area contributed by atoms with Crippen molar-refractivity contribution >= 4 is 5.91 Å². The molecule has 2 N–H and O–H groups in total. The SMILES string of the molecule is CC1CCC(NC(=O)CCCNC(C)C)C1. The highest BCUT2D eigenvalue weighted by molar-refractivity contribution is 5.76. The zero-order chi connectivity index (χ0) is 12.0. The average molecular weight is 226 g/mol. The summed E-state index contributed by atoms with van der Waals surface area (Å²) in [6, 6.07) is 0.958. The van der Waals surface area contributed by atoms with Gasteiger partial charge in [0, 0.05) is 18.5 Å². The van der Waals surface area contributed by atoms with Gasteiger partial charge < -0.3 is 10.6 Å². The normalized spacial score (nSPS) is 25.0. The van der Waals surface area contributed by atoms with Gasteiger partial charge in [-0.05, 0) is 38.1 Å². The van der Waals surface area contributed by atoms with E-state index in [-0.39, 0.29) is 5.91 Å². The second-order valence-corrected chi connectivity index (χ2v) is 5.40. The van der Waals surface area contributed by atoms with Crippen LogP contribution in [-0.2, 0) is 4.79 Å². The third-order valence-electron chi connectivity index (χ3n) is 3.19. The van der Waals surface area contributed by atoms with Crippen LogP contribution in [0.3, 0.4) is 0 Å². The van der Waals surface area contributed by atoms with E-state index in [0.29, 0.717) is 18.5 Å². The van der Waals surface area contributed by atoms with Crippen LogP contribution in [0.4, 0.5) is 0 Å². The minimum atomic E-state index is 0.227. The number of rotatable bonds is 6. The van der Waals surface area contributed by atoms with Crippen molar-refractivity contribution in [2.45, 2.75) is 65.0 Å². The molecule has 1 aliphatic carbocycles. The van der Waals surface area contributed by atoms with E-state index >= 15 is 0 Å². The Morgan fingerprint density at radius 1 is 1.38 bits per heavy atom. The van der Waals surface area contributed by atoms with Gasteiger partial charge in [-0.3, -0.25) is 4.79 Å². The van der Waals surface area contributed by atoms with Crippen molar-refractivity contribution in [2.75, 3.05) is 6.54 Å². The predicted octanol–water partition coefficient (Wildman–Crippen LogP) is 2.07. The lowest BCUT2D eigenvalue weighted by Gasteiger charge is -2.13. The minimum absolute atomic E-state index is 0.227. The smallest absolute Gasteiger partial charge is 0.220 e. The summed E-state index contributed by atoms with van der Waals surface area (Å²) in [5.74, 6) is 1.01. The van der Waals surface area contributed by atoms with Crippen molar-refractivity contribution in [3.63, 3.8) is 0 Å². The largest absolute Gasteiger partial charge is 0.353 e. The number of hydrogen-bond donors (Lipinski definition) is 2. The van der Waals surface area contributed by atoms with Crippen molar-refractivity contribution in [3.05, 3.63) is 0 Å². The summed E-state index contributed by atoms with van der Waals surface area (Å²) in [5, 5.41) is 6.45. The van der Waals surface area contributed by atoms with Gasteiger partial charge in [-0.2, -0.15) is 0 Å². The fraction of sp³-hybridized carbons (Fsp3) is 0.923. The molecule has 1 saturated carbocycles. The molecule has 1 amide bonds. The highest BCUT2D eigenvalue weighted by atomic mass is 16.1. The van der Waals surface area contributed by atoms with Gasteiger partial charge in [0.15, 0.2) is 0 Å². The van der Waals surface area contributed by atoms with E-state index in [4.69, 9.17) is 0 Å². The van der Waals surface area contributed by atoms with Crippen LogP contribution in [0.5, 0.6) is 0 Å². The molecular formula is C13H26N2O. The van der Waals surface area contributed by atoms with E-state index in [0.717, 1.165) is 31.7 Å². The Hall–Kier alpha value is -0.570. The molecule has 2 unspecified atom stereocenters. The lowest BCUT2D eigenvalue weighted by molar-refractivity contribution is -0.121. The van der Waals surface area contributed by atoms with Crippen LogP contribution in [0.25, 0.3) is 0 Å². The Labute approximate surface area is 99.4 Å². The molecule has 0 bridgehead atoms. The summed E-state index contributed by atoms with van der Waals surface area (Å²) in [6.45, 7) is 7.45. The molecule has 94 valence electrons.